The van der Waals surface area contributed by atoms with Gasteiger partial charge in [0.25, 0.3) is 5.91 Å². The molecule has 1 amide bonds. The molecule has 7 heteroatoms. The molecule has 0 aromatic heterocycles. The fourth-order valence-corrected chi connectivity index (χ4v) is 2.17. The molecule has 1 atom stereocenters. The Morgan fingerprint density at radius 1 is 1.14 bits per heavy atom. The predicted molar refractivity (Wildman–Crippen MR) is 72.6 cm³/mol. The lowest BCUT2D eigenvalue weighted by Gasteiger charge is -2.22. The molecule has 2 rings (SSSR count). The summed E-state index contributed by atoms with van der Waals surface area (Å²) in [6.07, 6.45) is 1.32. The van der Waals surface area contributed by atoms with Gasteiger partial charge < -0.3 is 20.3 Å². The first-order valence-electron chi connectivity index (χ1n) is 6.39. The van der Waals surface area contributed by atoms with Gasteiger partial charge in [-0.25, -0.2) is 9.59 Å². The van der Waals surface area contributed by atoms with E-state index in [0.29, 0.717) is 13.0 Å². The minimum atomic E-state index is -1.27. The molecule has 0 radical (unpaired) electrons. The van der Waals surface area contributed by atoms with Gasteiger partial charge in [-0.2, -0.15) is 0 Å². The summed E-state index contributed by atoms with van der Waals surface area (Å²) in [4.78, 5) is 34.2. The maximum absolute atomic E-state index is 12.2. The Labute approximate surface area is 120 Å². The zero-order valence-electron chi connectivity index (χ0n) is 11.4. The predicted octanol–water partition coefficient (Wildman–Crippen LogP) is 1.59. The first-order valence-corrected chi connectivity index (χ1v) is 6.39. The number of ether oxygens (including phenoxy) is 1. The largest absolute Gasteiger partial charge is 0.478 e. The second-order valence-corrected chi connectivity index (χ2v) is 5.05. The normalized spacial score (nSPS) is 21.0. The molecule has 1 fully saturated rings. The standard InChI is InChI=1S/C14H15NO6/c1-14(3-2-4-21-14)13(20)15-10-6-8(11(16)17)5-9(7-10)12(18)19/h5-7H,2-4H2,1H3,(H,15,20)(H,16,17)(H,18,19). The van der Waals surface area contributed by atoms with Crippen LogP contribution < -0.4 is 5.32 Å². The molecule has 0 saturated carbocycles. The van der Waals surface area contributed by atoms with E-state index in [-0.39, 0.29) is 16.8 Å². The molecule has 1 saturated heterocycles. The Balaban J connectivity index is 2.28. The maximum atomic E-state index is 12.2. The van der Waals surface area contributed by atoms with Crippen LogP contribution in [0.1, 0.15) is 40.5 Å². The molecule has 1 aliphatic rings. The van der Waals surface area contributed by atoms with Crippen LogP contribution >= 0.6 is 0 Å². The van der Waals surface area contributed by atoms with Crippen LogP contribution in [0.25, 0.3) is 0 Å². The van der Waals surface area contributed by atoms with Crippen molar-refractivity contribution >= 4 is 23.5 Å². The highest BCUT2D eigenvalue weighted by Gasteiger charge is 2.37. The fourth-order valence-electron chi connectivity index (χ4n) is 2.17. The van der Waals surface area contributed by atoms with Gasteiger partial charge in [-0.05, 0) is 38.0 Å². The number of carboxylic acids is 2. The summed E-state index contributed by atoms with van der Waals surface area (Å²) in [6.45, 7) is 2.13. The highest BCUT2D eigenvalue weighted by Crippen LogP contribution is 2.27. The summed E-state index contributed by atoms with van der Waals surface area (Å²) in [5.41, 5.74) is -1.26. The number of benzene rings is 1. The van der Waals surface area contributed by atoms with Gasteiger partial charge in [0.2, 0.25) is 0 Å². The summed E-state index contributed by atoms with van der Waals surface area (Å²) < 4.78 is 5.39. The Bertz CT molecular complexity index is 571. The van der Waals surface area contributed by atoms with Crippen molar-refractivity contribution in [3.05, 3.63) is 29.3 Å². The van der Waals surface area contributed by atoms with Crippen molar-refractivity contribution in [2.45, 2.75) is 25.4 Å². The molecule has 1 aliphatic heterocycles. The van der Waals surface area contributed by atoms with Crippen molar-refractivity contribution in [2.24, 2.45) is 0 Å². The third-order valence-corrected chi connectivity index (χ3v) is 3.38. The molecule has 112 valence electrons. The molecule has 1 aromatic carbocycles. The molecular weight excluding hydrogens is 278 g/mol. The average molecular weight is 293 g/mol. The number of carbonyl (C=O) groups excluding carboxylic acids is 1. The molecule has 21 heavy (non-hydrogen) atoms. The number of carbonyl (C=O) groups is 3. The molecule has 0 bridgehead atoms. The smallest absolute Gasteiger partial charge is 0.335 e. The van der Waals surface area contributed by atoms with E-state index < -0.39 is 23.4 Å². The number of amides is 1. The molecule has 1 heterocycles. The van der Waals surface area contributed by atoms with Crippen molar-refractivity contribution in [3.8, 4) is 0 Å². The summed E-state index contributed by atoms with van der Waals surface area (Å²) in [5, 5.41) is 20.5. The molecule has 0 aliphatic carbocycles. The summed E-state index contributed by atoms with van der Waals surface area (Å²) in [7, 11) is 0. The fraction of sp³-hybridized carbons (Fsp3) is 0.357. The van der Waals surface area contributed by atoms with E-state index in [2.05, 4.69) is 5.32 Å². The van der Waals surface area contributed by atoms with E-state index in [0.717, 1.165) is 12.5 Å². The second-order valence-electron chi connectivity index (χ2n) is 5.05. The van der Waals surface area contributed by atoms with E-state index in [1.54, 1.807) is 6.92 Å². The van der Waals surface area contributed by atoms with Gasteiger partial charge in [0.1, 0.15) is 5.60 Å². The third-order valence-electron chi connectivity index (χ3n) is 3.38. The summed E-state index contributed by atoms with van der Waals surface area (Å²) in [5.74, 6) is -2.95. The average Bonchev–Trinajstić information content (AvgIpc) is 2.86. The number of aromatic carboxylic acids is 2. The summed E-state index contributed by atoms with van der Waals surface area (Å²) in [6, 6.07) is 3.46. The Hall–Kier alpha value is -2.41. The van der Waals surface area contributed by atoms with Crippen LogP contribution in [0.5, 0.6) is 0 Å². The van der Waals surface area contributed by atoms with Gasteiger partial charge in [-0.15, -0.1) is 0 Å². The van der Waals surface area contributed by atoms with Crippen LogP contribution in [0, 0.1) is 0 Å². The van der Waals surface area contributed by atoms with E-state index in [1.165, 1.54) is 12.1 Å². The van der Waals surface area contributed by atoms with Crippen molar-refractivity contribution in [1.82, 2.24) is 0 Å². The number of hydrogen-bond acceptors (Lipinski definition) is 4. The van der Waals surface area contributed by atoms with Gasteiger partial charge in [0, 0.05) is 12.3 Å². The van der Waals surface area contributed by atoms with E-state index in [1.807, 2.05) is 0 Å². The van der Waals surface area contributed by atoms with Crippen molar-refractivity contribution in [3.63, 3.8) is 0 Å². The summed E-state index contributed by atoms with van der Waals surface area (Å²) >= 11 is 0. The van der Waals surface area contributed by atoms with E-state index in [9.17, 15) is 14.4 Å². The highest BCUT2D eigenvalue weighted by atomic mass is 16.5. The van der Waals surface area contributed by atoms with Crippen LogP contribution in [0.3, 0.4) is 0 Å². The SMILES string of the molecule is CC1(C(=O)Nc2cc(C(=O)O)cc(C(=O)O)c2)CCCO1. The number of nitrogens with one attached hydrogen (secondary N) is 1. The first-order chi connectivity index (χ1) is 9.82. The lowest BCUT2D eigenvalue weighted by Crippen LogP contribution is -2.39. The zero-order valence-corrected chi connectivity index (χ0v) is 11.4. The molecule has 1 unspecified atom stereocenters. The second kappa shape index (κ2) is 5.53. The third kappa shape index (κ3) is 3.19. The van der Waals surface area contributed by atoms with Gasteiger partial charge in [0.15, 0.2) is 0 Å². The molecule has 1 aromatic rings. The number of carboxylic acid groups (broad SMARTS) is 2. The van der Waals surface area contributed by atoms with Crippen LogP contribution in [0.15, 0.2) is 18.2 Å². The number of rotatable bonds is 4. The lowest BCUT2D eigenvalue weighted by molar-refractivity contribution is -0.133. The van der Waals surface area contributed by atoms with E-state index >= 15 is 0 Å². The van der Waals surface area contributed by atoms with Gasteiger partial charge >= 0.3 is 11.9 Å². The van der Waals surface area contributed by atoms with Crippen molar-refractivity contribution < 1.29 is 29.3 Å². The molecular formula is C14H15NO6. The van der Waals surface area contributed by atoms with E-state index in [4.69, 9.17) is 14.9 Å². The maximum Gasteiger partial charge on any atom is 0.335 e. The van der Waals surface area contributed by atoms with Gasteiger partial charge in [0.05, 0.1) is 11.1 Å². The van der Waals surface area contributed by atoms with Crippen molar-refractivity contribution in [2.75, 3.05) is 11.9 Å². The molecule has 3 N–H and O–H groups in total. The quantitative estimate of drug-likeness (QED) is 0.777. The monoisotopic (exact) mass is 293 g/mol. The van der Waals surface area contributed by atoms with Crippen LogP contribution in [0.2, 0.25) is 0 Å². The Morgan fingerprint density at radius 2 is 1.71 bits per heavy atom. The first kappa shape index (κ1) is 15.0. The van der Waals surface area contributed by atoms with Crippen LogP contribution in [-0.2, 0) is 9.53 Å². The topological polar surface area (TPSA) is 113 Å². The highest BCUT2D eigenvalue weighted by molar-refractivity contribution is 6.01. The van der Waals surface area contributed by atoms with Gasteiger partial charge in [-0.3, -0.25) is 4.79 Å². The van der Waals surface area contributed by atoms with Crippen molar-refractivity contribution in [1.29, 1.82) is 0 Å². The van der Waals surface area contributed by atoms with Crippen LogP contribution in [0.4, 0.5) is 5.69 Å². The zero-order chi connectivity index (χ0) is 15.6. The van der Waals surface area contributed by atoms with Gasteiger partial charge in [-0.1, -0.05) is 0 Å². The minimum Gasteiger partial charge on any atom is -0.478 e. The molecule has 7 nitrogen and oxygen atoms in total. The van der Waals surface area contributed by atoms with Crippen LogP contribution in [-0.4, -0.2) is 40.3 Å². The number of anilines is 1. The Morgan fingerprint density at radius 3 is 2.14 bits per heavy atom. The molecule has 0 spiro atoms. The number of hydrogen-bond donors (Lipinski definition) is 3. The minimum absolute atomic E-state index is 0.119. The lowest BCUT2D eigenvalue weighted by atomic mass is 10.0. The Kier molecular flexibility index (Phi) is 3.95.